The molecule has 3 heteroatoms. The molecule has 1 saturated heterocycles. The van der Waals surface area contributed by atoms with Crippen LogP contribution in [0.15, 0.2) is 24.3 Å². The summed E-state index contributed by atoms with van der Waals surface area (Å²) in [7, 11) is 0. The van der Waals surface area contributed by atoms with Crippen LogP contribution in [0.5, 0.6) is 5.75 Å². The molecule has 3 rings (SSSR count). The fourth-order valence-corrected chi connectivity index (χ4v) is 3.44. The lowest BCUT2D eigenvalue weighted by atomic mass is 10.0. The standard InChI is InChI=1S/C15H20ClNO/c16-10-13-6-3-4-8-17(13)11-14-9-12-5-1-2-7-15(12)18-14/h1-2,5,7,13-14H,3-4,6,8-11H2. The first kappa shape index (κ1) is 12.3. The summed E-state index contributed by atoms with van der Waals surface area (Å²) in [6, 6.07) is 8.93. The maximum absolute atomic E-state index is 6.07. The summed E-state index contributed by atoms with van der Waals surface area (Å²) in [4.78, 5) is 2.52. The van der Waals surface area contributed by atoms with E-state index in [1.54, 1.807) is 0 Å². The Balaban J connectivity index is 1.61. The third kappa shape index (κ3) is 2.50. The van der Waals surface area contributed by atoms with Gasteiger partial charge in [0.1, 0.15) is 11.9 Å². The second-order valence-corrected chi connectivity index (χ2v) is 5.66. The van der Waals surface area contributed by atoms with Gasteiger partial charge in [-0.3, -0.25) is 4.90 Å². The first-order chi connectivity index (χ1) is 8.86. The second kappa shape index (κ2) is 5.50. The van der Waals surface area contributed by atoms with E-state index in [2.05, 4.69) is 23.1 Å². The van der Waals surface area contributed by atoms with Crippen LogP contribution >= 0.6 is 11.6 Å². The van der Waals surface area contributed by atoms with Gasteiger partial charge in [-0.05, 0) is 31.0 Å². The largest absolute Gasteiger partial charge is 0.488 e. The van der Waals surface area contributed by atoms with Crippen molar-refractivity contribution in [2.24, 2.45) is 0 Å². The SMILES string of the molecule is ClCC1CCCCN1CC1Cc2ccccc2O1. The van der Waals surface area contributed by atoms with Crippen LogP contribution in [0.3, 0.4) is 0 Å². The Labute approximate surface area is 114 Å². The van der Waals surface area contributed by atoms with Crippen molar-refractivity contribution in [3.05, 3.63) is 29.8 Å². The highest BCUT2D eigenvalue weighted by Crippen LogP contribution is 2.29. The van der Waals surface area contributed by atoms with Crippen molar-refractivity contribution in [3.63, 3.8) is 0 Å². The van der Waals surface area contributed by atoms with Crippen molar-refractivity contribution >= 4 is 11.6 Å². The van der Waals surface area contributed by atoms with Crippen LogP contribution in [0.2, 0.25) is 0 Å². The number of para-hydroxylation sites is 1. The molecule has 2 unspecified atom stereocenters. The van der Waals surface area contributed by atoms with Crippen molar-refractivity contribution in [2.45, 2.75) is 37.8 Å². The van der Waals surface area contributed by atoms with Gasteiger partial charge in [-0.25, -0.2) is 0 Å². The highest BCUT2D eigenvalue weighted by Gasteiger charge is 2.28. The summed E-state index contributed by atoms with van der Waals surface area (Å²) >= 11 is 6.07. The smallest absolute Gasteiger partial charge is 0.123 e. The van der Waals surface area contributed by atoms with Crippen molar-refractivity contribution in [2.75, 3.05) is 19.0 Å². The molecule has 2 atom stereocenters. The number of hydrogen-bond donors (Lipinski definition) is 0. The fraction of sp³-hybridized carbons (Fsp3) is 0.600. The Morgan fingerprint density at radius 1 is 1.28 bits per heavy atom. The molecule has 0 bridgehead atoms. The van der Waals surface area contributed by atoms with Crippen molar-refractivity contribution in [3.8, 4) is 5.75 Å². The van der Waals surface area contributed by atoms with E-state index in [9.17, 15) is 0 Å². The van der Waals surface area contributed by atoms with Gasteiger partial charge in [-0.2, -0.15) is 0 Å². The summed E-state index contributed by atoms with van der Waals surface area (Å²) in [5, 5.41) is 0. The van der Waals surface area contributed by atoms with E-state index in [4.69, 9.17) is 16.3 Å². The van der Waals surface area contributed by atoms with Crippen LogP contribution in [-0.2, 0) is 6.42 Å². The fourth-order valence-electron chi connectivity index (χ4n) is 3.09. The number of ether oxygens (including phenoxy) is 1. The Morgan fingerprint density at radius 2 is 2.17 bits per heavy atom. The van der Waals surface area contributed by atoms with E-state index >= 15 is 0 Å². The summed E-state index contributed by atoms with van der Waals surface area (Å²) in [6.07, 6.45) is 5.21. The van der Waals surface area contributed by atoms with Crippen LogP contribution < -0.4 is 4.74 Å². The lowest BCUT2D eigenvalue weighted by molar-refractivity contribution is 0.0993. The molecule has 2 nitrogen and oxygen atoms in total. The molecule has 0 aliphatic carbocycles. The average Bonchev–Trinajstić information content (AvgIpc) is 2.81. The Morgan fingerprint density at radius 3 is 3.00 bits per heavy atom. The Kier molecular flexibility index (Phi) is 3.76. The minimum atomic E-state index is 0.311. The highest BCUT2D eigenvalue weighted by molar-refractivity contribution is 6.18. The second-order valence-electron chi connectivity index (χ2n) is 5.35. The van der Waals surface area contributed by atoms with Gasteiger partial charge in [0.15, 0.2) is 0 Å². The molecule has 1 aromatic rings. The molecular formula is C15H20ClNO. The molecule has 0 spiro atoms. The molecule has 0 aromatic heterocycles. The van der Waals surface area contributed by atoms with Gasteiger partial charge in [-0.1, -0.05) is 24.6 Å². The first-order valence-corrected chi connectivity index (χ1v) is 7.45. The van der Waals surface area contributed by atoms with Gasteiger partial charge < -0.3 is 4.74 Å². The number of rotatable bonds is 3. The molecule has 0 amide bonds. The number of fused-ring (bicyclic) bond motifs is 1. The minimum absolute atomic E-state index is 0.311. The van der Waals surface area contributed by atoms with E-state index in [0.29, 0.717) is 12.1 Å². The van der Waals surface area contributed by atoms with E-state index in [0.717, 1.165) is 24.6 Å². The van der Waals surface area contributed by atoms with Crippen LogP contribution in [0, 0.1) is 0 Å². The average molecular weight is 266 g/mol. The van der Waals surface area contributed by atoms with E-state index in [1.165, 1.54) is 31.4 Å². The number of halogens is 1. The lowest BCUT2D eigenvalue weighted by Gasteiger charge is -2.35. The van der Waals surface area contributed by atoms with Gasteiger partial charge in [0, 0.05) is 24.9 Å². The van der Waals surface area contributed by atoms with Crippen LogP contribution in [0.4, 0.5) is 0 Å². The lowest BCUT2D eigenvalue weighted by Crippen LogP contribution is -2.45. The zero-order valence-corrected chi connectivity index (χ0v) is 11.4. The zero-order chi connectivity index (χ0) is 12.4. The molecule has 0 radical (unpaired) electrons. The van der Waals surface area contributed by atoms with Gasteiger partial charge in [0.2, 0.25) is 0 Å². The third-order valence-corrected chi connectivity index (χ3v) is 4.44. The number of benzene rings is 1. The summed E-state index contributed by atoms with van der Waals surface area (Å²) in [5.41, 5.74) is 1.35. The highest BCUT2D eigenvalue weighted by atomic mass is 35.5. The van der Waals surface area contributed by atoms with Crippen LogP contribution in [-0.4, -0.2) is 36.0 Å². The normalized spacial score (nSPS) is 27.8. The first-order valence-electron chi connectivity index (χ1n) is 6.91. The predicted molar refractivity (Wildman–Crippen MR) is 74.5 cm³/mol. The van der Waals surface area contributed by atoms with Gasteiger partial charge in [0.05, 0.1) is 0 Å². The number of alkyl halides is 1. The maximum Gasteiger partial charge on any atom is 0.123 e. The van der Waals surface area contributed by atoms with E-state index in [1.807, 2.05) is 6.07 Å². The molecule has 2 aliphatic heterocycles. The van der Waals surface area contributed by atoms with Crippen LogP contribution in [0.1, 0.15) is 24.8 Å². The molecule has 1 fully saturated rings. The predicted octanol–water partition coefficient (Wildman–Crippen LogP) is 3.08. The van der Waals surface area contributed by atoms with Crippen molar-refractivity contribution in [1.82, 2.24) is 4.90 Å². The van der Waals surface area contributed by atoms with Crippen molar-refractivity contribution < 1.29 is 4.74 Å². The summed E-state index contributed by atoms with van der Waals surface area (Å²) in [5.74, 6) is 1.82. The van der Waals surface area contributed by atoms with Gasteiger partial charge in [0.25, 0.3) is 0 Å². The number of piperidine rings is 1. The van der Waals surface area contributed by atoms with Gasteiger partial charge in [-0.15, -0.1) is 11.6 Å². The number of likely N-dealkylation sites (tertiary alicyclic amines) is 1. The molecule has 98 valence electrons. The van der Waals surface area contributed by atoms with E-state index < -0.39 is 0 Å². The molecule has 1 aromatic carbocycles. The molecular weight excluding hydrogens is 246 g/mol. The molecule has 0 saturated carbocycles. The molecule has 18 heavy (non-hydrogen) atoms. The molecule has 2 aliphatic rings. The Hall–Kier alpha value is -0.730. The maximum atomic E-state index is 6.07. The number of hydrogen-bond acceptors (Lipinski definition) is 2. The summed E-state index contributed by atoms with van der Waals surface area (Å²) in [6.45, 7) is 2.19. The third-order valence-electron chi connectivity index (χ3n) is 4.08. The molecule has 2 heterocycles. The Bertz CT molecular complexity index is 384. The minimum Gasteiger partial charge on any atom is -0.488 e. The number of nitrogens with zero attached hydrogens (tertiary/aromatic N) is 1. The van der Waals surface area contributed by atoms with E-state index in [-0.39, 0.29) is 0 Å². The zero-order valence-electron chi connectivity index (χ0n) is 10.6. The summed E-state index contributed by atoms with van der Waals surface area (Å²) < 4.78 is 6.02. The van der Waals surface area contributed by atoms with Crippen LogP contribution in [0.25, 0.3) is 0 Å². The molecule has 0 N–H and O–H groups in total. The topological polar surface area (TPSA) is 12.5 Å². The monoisotopic (exact) mass is 265 g/mol. The van der Waals surface area contributed by atoms with Crippen molar-refractivity contribution in [1.29, 1.82) is 0 Å². The quantitative estimate of drug-likeness (QED) is 0.779. The van der Waals surface area contributed by atoms with Gasteiger partial charge >= 0.3 is 0 Å².